The van der Waals surface area contributed by atoms with Crippen LogP contribution in [-0.2, 0) is 24.4 Å². The number of rotatable bonds is 8. The molecule has 40 heavy (non-hydrogen) atoms. The summed E-state index contributed by atoms with van der Waals surface area (Å²) in [6, 6.07) is 22.6. The van der Waals surface area contributed by atoms with Gasteiger partial charge in [0.1, 0.15) is 12.3 Å². The molecule has 0 radical (unpaired) electrons. The van der Waals surface area contributed by atoms with Gasteiger partial charge < -0.3 is 15.1 Å². The van der Waals surface area contributed by atoms with Gasteiger partial charge in [0, 0.05) is 11.3 Å². The fraction of sp³-hybridized carbons (Fsp3) is 0.161. The van der Waals surface area contributed by atoms with E-state index in [4.69, 9.17) is 4.42 Å². The van der Waals surface area contributed by atoms with E-state index in [1.165, 1.54) is 10.8 Å². The molecule has 3 aromatic carbocycles. The third-order valence-corrected chi connectivity index (χ3v) is 6.65. The maximum Gasteiger partial charge on any atom is 0.332 e. The zero-order valence-electron chi connectivity index (χ0n) is 22.1. The zero-order chi connectivity index (χ0) is 28.2. The van der Waals surface area contributed by atoms with Crippen LogP contribution in [0.1, 0.15) is 32.8 Å². The minimum Gasteiger partial charge on any atom is -0.467 e. The lowest BCUT2D eigenvalue weighted by Gasteiger charge is -2.15. The van der Waals surface area contributed by atoms with Crippen LogP contribution in [0.4, 0.5) is 5.69 Å². The summed E-state index contributed by atoms with van der Waals surface area (Å²) in [5, 5.41) is 5.98. The quantitative estimate of drug-likeness (QED) is 0.311. The molecule has 9 nitrogen and oxygen atoms in total. The first kappa shape index (κ1) is 26.4. The Kier molecular flexibility index (Phi) is 7.46. The van der Waals surface area contributed by atoms with Crippen LogP contribution in [0.15, 0.2) is 99.1 Å². The summed E-state index contributed by atoms with van der Waals surface area (Å²) in [5.41, 5.74) is 3.07. The Balaban J connectivity index is 1.39. The van der Waals surface area contributed by atoms with E-state index in [9.17, 15) is 19.2 Å². The Morgan fingerprint density at radius 1 is 0.875 bits per heavy atom. The third kappa shape index (κ3) is 5.63. The predicted molar refractivity (Wildman–Crippen MR) is 152 cm³/mol. The van der Waals surface area contributed by atoms with E-state index < -0.39 is 11.2 Å². The molecular formula is C31H28N4O5. The van der Waals surface area contributed by atoms with E-state index in [-0.39, 0.29) is 31.4 Å². The second kappa shape index (κ2) is 11.3. The number of aryl methyl sites for hydroxylation is 2. The van der Waals surface area contributed by atoms with Crippen molar-refractivity contribution < 1.29 is 14.0 Å². The number of benzene rings is 3. The van der Waals surface area contributed by atoms with Crippen molar-refractivity contribution in [2.24, 2.45) is 0 Å². The summed E-state index contributed by atoms with van der Waals surface area (Å²) in [4.78, 5) is 52.3. The molecule has 9 heteroatoms. The Labute approximate surface area is 229 Å². The van der Waals surface area contributed by atoms with Gasteiger partial charge in [-0.25, -0.2) is 4.79 Å². The van der Waals surface area contributed by atoms with E-state index in [1.54, 1.807) is 60.7 Å². The molecule has 2 N–H and O–H groups in total. The Morgan fingerprint density at radius 2 is 1.65 bits per heavy atom. The van der Waals surface area contributed by atoms with Crippen LogP contribution in [-0.4, -0.2) is 20.9 Å². The predicted octanol–water partition coefficient (Wildman–Crippen LogP) is 3.99. The lowest BCUT2D eigenvalue weighted by atomic mass is 10.1. The summed E-state index contributed by atoms with van der Waals surface area (Å²) < 4.78 is 7.65. The SMILES string of the molecule is Cc1ccc(NC(=O)Cn2c(=O)n(Cc3ccc(C(=O)NCc4ccco4)cc3)c(=O)c3ccccc32)c(C)c1. The van der Waals surface area contributed by atoms with Crippen molar-refractivity contribution in [3.63, 3.8) is 0 Å². The summed E-state index contributed by atoms with van der Waals surface area (Å²) in [5.74, 6) is -0.0167. The highest BCUT2D eigenvalue weighted by Gasteiger charge is 2.16. The molecule has 5 aromatic rings. The van der Waals surface area contributed by atoms with Gasteiger partial charge in [-0.2, -0.15) is 0 Å². The maximum atomic E-state index is 13.6. The van der Waals surface area contributed by atoms with Gasteiger partial charge in [0.05, 0.1) is 30.3 Å². The molecule has 2 amide bonds. The molecule has 0 fully saturated rings. The van der Waals surface area contributed by atoms with Crippen LogP contribution >= 0.6 is 0 Å². The van der Waals surface area contributed by atoms with Gasteiger partial charge in [-0.1, -0.05) is 42.0 Å². The first-order valence-corrected chi connectivity index (χ1v) is 12.8. The normalized spacial score (nSPS) is 10.9. The topological polar surface area (TPSA) is 115 Å². The van der Waals surface area contributed by atoms with Gasteiger partial charge >= 0.3 is 5.69 Å². The molecule has 0 atom stereocenters. The number of carbonyl (C=O) groups is 2. The molecule has 5 rings (SSSR count). The number of amides is 2. The number of hydrogen-bond acceptors (Lipinski definition) is 5. The molecule has 2 heterocycles. The van der Waals surface area contributed by atoms with Gasteiger partial charge in [0.2, 0.25) is 5.91 Å². The van der Waals surface area contributed by atoms with Crippen LogP contribution in [0, 0.1) is 13.8 Å². The molecule has 0 saturated heterocycles. The van der Waals surface area contributed by atoms with Crippen LogP contribution in [0.5, 0.6) is 0 Å². The van der Waals surface area contributed by atoms with E-state index in [0.717, 1.165) is 15.7 Å². The van der Waals surface area contributed by atoms with Crippen LogP contribution in [0.25, 0.3) is 10.9 Å². The van der Waals surface area contributed by atoms with Crippen molar-refractivity contribution in [3.8, 4) is 0 Å². The minimum atomic E-state index is -0.597. The van der Waals surface area contributed by atoms with Gasteiger partial charge in [-0.3, -0.25) is 23.5 Å². The number of para-hydroxylation sites is 1. The number of hydrogen-bond donors (Lipinski definition) is 2. The lowest BCUT2D eigenvalue weighted by molar-refractivity contribution is -0.116. The second-order valence-corrected chi connectivity index (χ2v) is 9.60. The number of aromatic nitrogens is 2. The standard InChI is InChI=1S/C31H28N4O5/c1-20-9-14-26(21(2)16-20)33-28(36)19-34-27-8-4-3-7-25(27)30(38)35(31(34)39)18-22-10-12-23(13-11-22)29(37)32-17-24-6-5-15-40-24/h3-16H,17-19H2,1-2H3,(H,32,37)(H,33,36). The summed E-state index contributed by atoms with van der Waals surface area (Å²) >= 11 is 0. The van der Waals surface area contributed by atoms with E-state index in [1.807, 2.05) is 32.0 Å². The number of carbonyl (C=O) groups excluding carboxylic acids is 2. The van der Waals surface area contributed by atoms with E-state index >= 15 is 0 Å². The number of furan rings is 1. The average Bonchev–Trinajstić information content (AvgIpc) is 3.48. The van der Waals surface area contributed by atoms with Crippen LogP contribution in [0.2, 0.25) is 0 Å². The summed E-state index contributed by atoms with van der Waals surface area (Å²) in [7, 11) is 0. The van der Waals surface area contributed by atoms with Gasteiger partial charge in [0.15, 0.2) is 0 Å². The maximum absolute atomic E-state index is 13.6. The van der Waals surface area contributed by atoms with Crippen molar-refractivity contribution in [1.29, 1.82) is 0 Å². The first-order valence-electron chi connectivity index (χ1n) is 12.8. The van der Waals surface area contributed by atoms with Crippen molar-refractivity contribution in [1.82, 2.24) is 14.5 Å². The number of nitrogens with one attached hydrogen (secondary N) is 2. The molecule has 0 aliphatic rings. The van der Waals surface area contributed by atoms with Crippen LogP contribution < -0.4 is 21.9 Å². The fourth-order valence-corrected chi connectivity index (χ4v) is 4.58. The molecule has 0 bridgehead atoms. The number of anilines is 1. The van der Waals surface area contributed by atoms with Gasteiger partial charge in [-0.05, 0) is 67.4 Å². The molecule has 0 saturated carbocycles. The number of nitrogens with zero attached hydrogens (tertiary/aromatic N) is 2. The monoisotopic (exact) mass is 536 g/mol. The fourth-order valence-electron chi connectivity index (χ4n) is 4.58. The minimum absolute atomic E-state index is 0.0184. The molecule has 0 aliphatic carbocycles. The van der Waals surface area contributed by atoms with Crippen molar-refractivity contribution in [2.75, 3.05) is 5.32 Å². The molecular weight excluding hydrogens is 508 g/mol. The van der Waals surface area contributed by atoms with Gasteiger partial charge in [-0.15, -0.1) is 0 Å². The highest BCUT2D eigenvalue weighted by Crippen LogP contribution is 2.16. The van der Waals surface area contributed by atoms with Crippen molar-refractivity contribution in [3.05, 3.63) is 134 Å². The second-order valence-electron chi connectivity index (χ2n) is 9.60. The zero-order valence-corrected chi connectivity index (χ0v) is 22.1. The summed E-state index contributed by atoms with van der Waals surface area (Å²) in [6.07, 6.45) is 1.54. The smallest absolute Gasteiger partial charge is 0.332 e. The van der Waals surface area contributed by atoms with Crippen molar-refractivity contribution in [2.45, 2.75) is 33.5 Å². The van der Waals surface area contributed by atoms with Crippen molar-refractivity contribution >= 4 is 28.4 Å². The largest absolute Gasteiger partial charge is 0.467 e. The Morgan fingerprint density at radius 3 is 2.38 bits per heavy atom. The summed E-state index contributed by atoms with van der Waals surface area (Å²) in [6.45, 7) is 3.85. The third-order valence-electron chi connectivity index (χ3n) is 6.65. The lowest BCUT2D eigenvalue weighted by Crippen LogP contribution is -2.42. The molecule has 0 unspecified atom stereocenters. The molecule has 2 aromatic heterocycles. The molecule has 0 spiro atoms. The number of fused-ring (bicyclic) bond motifs is 1. The van der Waals surface area contributed by atoms with E-state index in [0.29, 0.717) is 33.5 Å². The average molecular weight is 537 g/mol. The first-order chi connectivity index (χ1) is 19.3. The highest BCUT2D eigenvalue weighted by molar-refractivity contribution is 5.94. The van der Waals surface area contributed by atoms with Gasteiger partial charge in [0.25, 0.3) is 11.5 Å². The highest BCUT2D eigenvalue weighted by atomic mass is 16.3. The molecule has 202 valence electrons. The van der Waals surface area contributed by atoms with Crippen LogP contribution in [0.3, 0.4) is 0 Å². The van der Waals surface area contributed by atoms with E-state index in [2.05, 4.69) is 10.6 Å². The Hall–Kier alpha value is -5.18. The Bertz CT molecular complexity index is 1820. The molecule has 0 aliphatic heterocycles.